The maximum absolute atomic E-state index is 9.32. The lowest BCUT2D eigenvalue weighted by atomic mass is 9.92. The zero-order chi connectivity index (χ0) is 23.7. The summed E-state index contributed by atoms with van der Waals surface area (Å²) >= 11 is 0. The van der Waals surface area contributed by atoms with E-state index in [1.165, 1.54) is 29.5 Å². The Labute approximate surface area is 200 Å². The number of nitrogens with two attached hydrogens (primary N) is 1. The number of ether oxygens (including phenoxy) is 1. The summed E-state index contributed by atoms with van der Waals surface area (Å²) in [6.07, 6.45) is 11.4. The number of fused-ring (bicyclic) bond motifs is 1. The standard InChI is InChI=1S/C26H31N7O/c1-17-11-19(12-20-15-32(2)10-8-22(17)20)23-14-29-25(28)26(31-23)34-21-13-30-33(16-21)24(7-9-27)18-5-3-4-6-18/h11-14,16,18,24H,3-8,10,15H2,1-2H3,(H2,28,29). The fourth-order valence-corrected chi connectivity index (χ4v) is 5.38. The van der Waals surface area contributed by atoms with Gasteiger partial charge in [0.25, 0.3) is 5.88 Å². The molecule has 2 aromatic heterocycles. The Kier molecular flexibility index (Phi) is 6.20. The summed E-state index contributed by atoms with van der Waals surface area (Å²) in [6.45, 7) is 4.17. The second-order valence-corrected chi connectivity index (χ2v) is 9.60. The van der Waals surface area contributed by atoms with Crippen LogP contribution in [0, 0.1) is 24.2 Å². The number of likely N-dealkylation sites (N-methyl/N-ethyl adjacent to an activating group) is 1. The van der Waals surface area contributed by atoms with Crippen molar-refractivity contribution in [2.75, 3.05) is 19.3 Å². The van der Waals surface area contributed by atoms with Gasteiger partial charge in [-0.1, -0.05) is 12.8 Å². The Hall–Kier alpha value is -3.44. The summed E-state index contributed by atoms with van der Waals surface area (Å²) in [5.41, 5.74) is 11.9. The largest absolute Gasteiger partial charge is 0.433 e. The van der Waals surface area contributed by atoms with Gasteiger partial charge in [0.1, 0.15) is 0 Å². The Morgan fingerprint density at radius 2 is 2.09 bits per heavy atom. The van der Waals surface area contributed by atoms with Gasteiger partial charge in [-0.15, -0.1) is 0 Å². The SMILES string of the molecule is Cc1cc(-c2cnc(N)c(Oc3cnn(C(CC#N)C4CCCC4)c3)n2)cc2c1CCN(C)C2. The predicted octanol–water partition coefficient (Wildman–Crippen LogP) is 4.66. The average molecular weight is 458 g/mol. The summed E-state index contributed by atoms with van der Waals surface area (Å²) in [7, 11) is 2.15. The first-order valence-electron chi connectivity index (χ1n) is 12.0. The number of nitrogens with zero attached hydrogens (tertiary/aromatic N) is 6. The molecule has 3 heterocycles. The van der Waals surface area contributed by atoms with Crippen molar-refractivity contribution in [3.8, 4) is 29.0 Å². The fraction of sp³-hybridized carbons (Fsp3) is 0.462. The summed E-state index contributed by atoms with van der Waals surface area (Å²) in [6, 6.07) is 6.75. The Morgan fingerprint density at radius 3 is 2.88 bits per heavy atom. The topological polar surface area (TPSA) is 106 Å². The molecule has 5 rings (SSSR count). The third kappa shape index (κ3) is 4.48. The smallest absolute Gasteiger partial charge is 0.263 e. The Bertz CT molecular complexity index is 1220. The zero-order valence-corrected chi connectivity index (χ0v) is 19.9. The molecule has 8 nitrogen and oxygen atoms in total. The van der Waals surface area contributed by atoms with Gasteiger partial charge in [-0.25, -0.2) is 9.97 Å². The maximum Gasteiger partial charge on any atom is 0.263 e. The molecule has 1 aliphatic heterocycles. The quantitative estimate of drug-likeness (QED) is 0.574. The van der Waals surface area contributed by atoms with Crippen molar-refractivity contribution in [1.82, 2.24) is 24.6 Å². The molecule has 176 valence electrons. The van der Waals surface area contributed by atoms with Crippen LogP contribution in [0.15, 0.2) is 30.7 Å². The minimum absolute atomic E-state index is 0.0659. The first-order valence-corrected chi connectivity index (χ1v) is 12.0. The van der Waals surface area contributed by atoms with Gasteiger partial charge in [-0.2, -0.15) is 10.4 Å². The number of nitrogen functional groups attached to an aromatic ring is 1. The van der Waals surface area contributed by atoms with Crippen molar-refractivity contribution in [3.63, 3.8) is 0 Å². The van der Waals surface area contributed by atoms with E-state index in [1.807, 2.05) is 10.9 Å². The van der Waals surface area contributed by atoms with E-state index in [-0.39, 0.29) is 17.7 Å². The molecule has 1 atom stereocenters. The van der Waals surface area contributed by atoms with E-state index >= 15 is 0 Å². The highest BCUT2D eigenvalue weighted by Gasteiger charge is 2.27. The highest BCUT2D eigenvalue weighted by Crippen LogP contribution is 2.37. The van der Waals surface area contributed by atoms with E-state index in [2.05, 4.69) is 47.2 Å². The number of benzene rings is 1. The van der Waals surface area contributed by atoms with Crippen molar-refractivity contribution >= 4 is 5.82 Å². The van der Waals surface area contributed by atoms with E-state index in [9.17, 15) is 5.26 Å². The summed E-state index contributed by atoms with van der Waals surface area (Å²) in [5.74, 6) is 1.52. The van der Waals surface area contributed by atoms with Crippen LogP contribution in [0.2, 0.25) is 0 Å². The minimum Gasteiger partial charge on any atom is -0.433 e. The normalized spacial score (nSPS) is 17.3. The molecule has 34 heavy (non-hydrogen) atoms. The third-order valence-corrected chi connectivity index (χ3v) is 7.19. The first kappa shape index (κ1) is 22.4. The number of aromatic nitrogens is 4. The van der Waals surface area contributed by atoms with Crippen LogP contribution in [0.5, 0.6) is 11.6 Å². The molecule has 0 bridgehead atoms. The number of hydrogen-bond donors (Lipinski definition) is 1. The summed E-state index contributed by atoms with van der Waals surface area (Å²) < 4.78 is 7.90. The van der Waals surface area contributed by atoms with E-state index < -0.39 is 0 Å². The number of hydrogen-bond acceptors (Lipinski definition) is 7. The van der Waals surface area contributed by atoms with Crippen molar-refractivity contribution in [2.24, 2.45) is 5.92 Å². The minimum atomic E-state index is 0.0659. The monoisotopic (exact) mass is 457 g/mol. The van der Waals surface area contributed by atoms with Crippen LogP contribution in [0.25, 0.3) is 11.3 Å². The van der Waals surface area contributed by atoms with E-state index in [1.54, 1.807) is 12.4 Å². The third-order valence-electron chi connectivity index (χ3n) is 7.19. The van der Waals surface area contributed by atoms with Gasteiger partial charge in [0.2, 0.25) is 0 Å². The van der Waals surface area contributed by atoms with Crippen molar-refractivity contribution in [2.45, 2.75) is 58.0 Å². The van der Waals surface area contributed by atoms with Gasteiger partial charge in [0.15, 0.2) is 11.6 Å². The molecule has 1 aliphatic carbocycles. The number of aryl methyl sites for hydroxylation is 1. The van der Waals surface area contributed by atoms with Crippen LogP contribution in [-0.2, 0) is 13.0 Å². The Morgan fingerprint density at radius 1 is 1.26 bits per heavy atom. The molecule has 1 fully saturated rings. The predicted molar refractivity (Wildman–Crippen MR) is 130 cm³/mol. The highest BCUT2D eigenvalue weighted by atomic mass is 16.5. The van der Waals surface area contributed by atoms with Gasteiger partial charge < -0.3 is 15.4 Å². The maximum atomic E-state index is 9.32. The van der Waals surface area contributed by atoms with Gasteiger partial charge in [0.05, 0.1) is 42.8 Å². The van der Waals surface area contributed by atoms with E-state index in [0.29, 0.717) is 18.1 Å². The number of anilines is 1. The van der Waals surface area contributed by atoms with Crippen LogP contribution in [-0.4, -0.2) is 38.2 Å². The lowest BCUT2D eigenvalue weighted by molar-refractivity contribution is 0.312. The fourth-order valence-electron chi connectivity index (χ4n) is 5.38. The van der Waals surface area contributed by atoms with Crippen LogP contribution in [0.3, 0.4) is 0 Å². The summed E-state index contributed by atoms with van der Waals surface area (Å²) in [5, 5.41) is 13.8. The Balaban J connectivity index is 1.40. The van der Waals surface area contributed by atoms with Crippen LogP contribution in [0.4, 0.5) is 5.82 Å². The number of rotatable bonds is 6. The lowest BCUT2D eigenvalue weighted by Gasteiger charge is -2.27. The van der Waals surface area contributed by atoms with Crippen molar-refractivity contribution in [3.05, 3.63) is 47.4 Å². The number of nitriles is 1. The van der Waals surface area contributed by atoms with Gasteiger partial charge >= 0.3 is 0 Å². The van der Waals surface area contributed by atoms with Crippen molar-refractivity contribution < 1.29 is 4.74 Å². The van der Waals surface area contributed by atoms with Gasteiger partial charge in [-0.05, 0) is 68.0 Å². The molecule has 1 unspecified atom stereocenters. The molecule has 2 N–H and O–H groups in total. The van der Waals surface area contributed by atoms with Crippen LogP contribution >= 0.6 is 0 Å². The van der Waals surface area contributed by atoms with E-state index in [0.717, 1.165) is 43.6 Å². The second-order valence-electron chi connectivity index (χ2n) is 9.60. The molecule has 8 heteroatoms. The second kappa shape index (κ2) is 9.43. The van der Waals surface area contributed by atoms with E-state index in [4.69, 9.17) is 15.5 Å². The molecule has 0 spiro atoms. The van der Waals surface area contributed by atoms with Crippen LogP contribution < -0.4 is 10.5 Å². The van der Waals surface area contributed by atoms with Gasteiger partial charge in [0, 0.05) is 18.7 Å². The molecule has 1 aromatic carbocycles. The average Bonchev–Trinajstić information content (AvgIpc) is 3.51. The van der Waals surface area contributed by atoms with Crippen LogP contribution in [0.1, 0.15) is 54.8 Å². The summed E-state index contributed by atoms with van der Waals surface area (Å²) in [4.78, 5) is 11.4. The molecular weight excluding hydrogens is 426 g/mol. The highest BCUT2D eigenvalue weighted by molar-refractivity contribution is 5.64. The lowest BCUT2D eigenvalue weighted by Crippen LogP contribution is -2.27. The molecule has 0 radical (unpaired) electrons. The molecule has 3 aromatic rings. The van der Waals surface area contributed by atoms with Crippen molar-refractivity contribution in [1.29, 1.82) is 5.26 Å². The molecule has 0 amide bonds. The first-order chi connectivity index (χ1) is 16.5. The molecular formula is C26H31N7O. The van der Waals surface area contributed by atoms with Gasteiger partial charge in [-0.3, -0.25) is 4.68 Å². The molecule has 1 saturated carbocycles. The molecule has 2 aliphatic rings. The zero-order valence-electron chi connectivity index (χ0n) is 19.9. The molecule has 0 saturated heterocycles.